The molecule has 14 heavy (non-hydrogen) atoms. The van der Waals surface area contributed by atoms with Gasteiger partial charge in [-0.15, -0.1) is 0 Å². The molecule has 1 aromatic rings. The van der Waals surface area contributed by atoms with E-state index in [0.717, 1.165) is 5.56 Å². The number of nitriles is 1. The van der Waals surface area contributed by atoms with Crippen LogP contribution in [0.1, 0.15) is 18.1 Å². The highest BCUT2D eigenvalue weighted by Gasteiger charge is 1.99. The zero-order valence-corrected chi connectivity index (χ0v) is 8.49. The maximum Gasteiger partial charge on any atom is 0.0991 e. The second-order valence-corrected chi connectivity index (χ2v) is 3.35. The van der Waals surface area contributed by atoms with E-state index in [-0.39, 0.29) is 0 Å². The predicted octanol–water partition coefficient (Wildman–Crippen LogP) is 2.52. The van der Waals surface area contributed by atoms with Gasteiger partial charge < -0.3 is 5.11 Å². The van der Waals surface area contributed by atoms with E-state index < -0.39 is 6.10 Å². The molecule has 0 saturated heterocycles. The summed E-state index contributed by atoms with van der Waals surface area (Å²) < 4.78 is 0. The van der Waals surface area contributed by atoms with Crippen LogP contribution in [0.4, 0.5) is 0 Å². The van der Waals surface area contributed by atoms with Gasteiger partial charge in [0.2, 0.25) is 0 Å². The Kier molecular flexibility index (Phi) is 3.70. The third-order valence-corrected chi connectivity index (χ3v) is 2.02. The summed E-state index contributed by atoms with van der Waals surface area (Å²) in [5, 5.41) is 18.1. The minimum atomic E-state index is -0.571. The molecule has 0 amide bonds. The Bertz CT molecular complexity index is 373. The molecular formula is C11H10ClNO. The molecule has 0 radical (unpaired) electrons. The van der Waals surface area contributed by atoms with Crippen molar-refractivity contribution in [2.45, 2.75) is 13.0 Å². The third-order valence-electron chi connectivity index (χ3n) is 1.68. The van der Waals surface area contributed by atoms with E-state index >= 15 is 0 Å². The van der Waals surface area contributed by atoms with Crippen LogP contribution in [0.15, 0.2) is 30.3 Å². The van der Waals surface area contributed by atoms with Gasteiger partial charge >= 0.3 is 0 Å². The van der Waals surface area contributed by atoms with Crippen molar-refractivity contribution in [2.75, 3.05) is 0 Å². The van der Waals surface area contributed by atoms with Gasteiger partial charge in [0.15, 0.2) is 0 Å². The van der Waals surface area contributed by atoms with Crippen LogP contribution in [0.3, 0.4) is 0 Å². The predicted molar refractivity (Wildman–Crippen MR) is 56.7 cm³/mol. The SMILES string of the molecule is CC(O)C=C(Cl)c1ccc(C#N)cc1. The first-order valence-electron chi connectivity index (χ1n) is 4.19. The monoisotopic (exact) mass is 207 g/mol. The maximum atomic E-state index is 9.07. The molecule has 0 bridgehead atoms. The standard InChI is InChI=1S/C11H10ClNO/c1-8(14)6-11(12)10-4-2-9(7-13)3-5-10/h2-6,8,14H,1H3. The van der Waals surface area contributed by atoms with Crippen molar-refractivity contribution < 1.29 is 5.11 Å². The molecule has 1 unspecified atom stereocenters. The smallest absolute Gasteiger partial charge is 0.0991 e. The first-order valence-corrected chi connectivity index (χ1v) is 4.57. The van der Waals surface area contributed by atoms with Gasteiger partial charge in [-0.25, -0.2) is 0 Å². The molecule has 1 rings (SSSR count). The van der Waals surface area contributed by atoms with Crippen LogP contribution < -0.4 is 0 Å². The summed E-state index contributed by atoms with van der Waals surface area (Å²) in [6, 6.07) is 8.90. The quantitative estimate of drug-likeness (QED) is 0.810. The molecule has 0 aromatic heterocycles. The van der Waals surface area contributed by atoms with Crippen molar-refractivity contribution >= 4 is 16.6 Å². The molecule has 72 valence electrons. The van der Waals surface area contributed by atoms with Crippen LogP contribution >= 0.6 is 11.6 Å². The molecule has 0 saturated carbocycles. The lowest BCUT2D eigenvalue weighted by Crippen LogP contribution is -1.93. The van der Waals surface area contributed by atoms with E-state index in [0.29, 0.717) is 10.6 Å². The Morgan fingerprint density at radius 1 is 1.50 bits per heavy atom. The molecule has 0 aliphatic heterocycles. The van der Waals surface area contributed by atoms with E-state index in [1.807, 2.05) is 6.07 Å². The van der Waals surface area contributed by atoms with Crippen LogP contribution in [0.5, 0.6) is 0 Å². The summed E-state index contributed by atoms with van der Waals surface area (Å²) in [7, 11) is 0. The van der Waals surface area contributed by atoms with Crippen LogP contribution in [0, 0.1) is 11.3 Å². The lowest BCUT2D eigenvalue weighted by atomic mass is 10.1. The Balaban J connectivity index is 2.93. The fraction of sp³-hybridized carbons (Fsp3) is 0.182. The van der Waals surface area contributed by atoms with E-state index in [4.69, 9.17) is 22.0 Å². The first kappa shape index (κ1) is 10.8. The molecule has 1 aromatic carbocycles. The summed E-state index contributed by atoms with van der Waals surface area (Å²) >= 11 is 5.91. The molecule has 0 spiro atoms. The highest BCUT2D eigenvalue weighted by atomic mass is 35.5. The van der Waals surface area contributed by atoms with E-state index in [9.17, 15) is 0 Å². The number of aliphatic hydroxyl groups excluding tert-OH is 1. The number of halogens is 1. The molecule has 1 N–H and O–H groups in total. The van der Waals surface area contributed by atoms with Gasteiger partial charge in [0.25, 0.3) is 0 Å². The molecule has 0 aliphatic rings. The summed E-state index contributed by atoms with van der Waals surface area (Å²) in [4.78, 5) is 0. The molecular weight excluding hydrogens is 198 g/mol. The van der Waals surface area contributed by atoms with Gasteiger partial charge in [-0.2, -0.15) is 5.26 Å². The Morgan fingerprint density at radius 2 is 2.07 bits per heavy atom. The Labute approximate surface area is 88.1 Å². The van der Waals surface area contributed by atoms with Gasteiger partial charge in [-0.3, -0.25) is 0 Å². The Hall–Kier alpha value is -1.30. The highest BCUT2D eigenvalue weighted by molar-refractivity contribution is 6.48. The second-order valence-electron chi connectivity index (χ2n) is 2.94. The minimum Gasteiger partial charge on any atom is -0.389 e. The van der Waals surface area contributed by atoms with Crippen molar-refractivity contribution in [3.05, 3.63) is 41.5 Å². The van der Waals surface area contributed by atoms with Crippen LogP contribution in [-0.2, 0) is 0 Å². The van der Waals surface area contributed by atoms with Crippen molar-refractivity contribution in [1.82, 2.24) is 0 Å². The van der Waals surface area contributed by atoms with Gasteiger partial charge in [-0.1, -0.05) is 23.7 Å². The third kappa shape index (κ3) is 2.88. The molecule has 0 aliphatic carbocycles. The summed E-state index contributed by atoms with van der Waals surface area (Å²) in [6.07, 6.45) is 0.973. The molecule has 2 nitrogen and oxygen atoms in total. The molecule has 0 fully saturated rings. The summed E-state index contributed by atoms with van der Waals surface area (Å²) in [5.41, 5.74) is 1.39. The largest absolute Gasteiger partial charge is 0.389 e. The fourth-order valence-electron chi connectivity index (χ4n) is 1.01. The lowest BCUT2D eigenvalue weighted by Gasteiger charge is -2.01. The van der Waals surface area contributed by atoms with Gasteiger partial charge in [0, 0.05) is 5.03 Å². The normalized spacial score (nSPS) is 13.4. The average molecular weight is 208 g/mol. The van der Waals surface area contributed by atoms with Crippen molar-refractivity contribution in [3.63, 3.8) is 0 Å². The average Bonchev–Trinajstić information content (AvgIpc) is 2.17. The second kappa shape index (κ2) is 4.80. The number of hydrogen-bond donors (Lipinski definition) is 1. The number of rotatable bonds is 2. The van der Waals surface area contributed by atoms with Gasteiger partial charge in [0.05, 0.1) is 17.7 Å². The van der Waals surface area contributed by atoms with Crippen LogP contribution in [-0.4, -0.2) is 11.2 Å². The number of benzene rings is 1. The molecule has 3 heteroatoms. The lowest BCUT2D eigenvalue weighted by molar-refractivity contribution is 0.245. The Morgan fingerprint density at radius 3 is 2.50 bits per heavy atom. The minimum absolute atomic E-state index is 0.490. The van der Waals surface area contributed by atoms with Crippen molar-refractivity contribution in [3.8, 4) is 6.07 Å². The number of hydrogen-bond acceptors (Lipinski definition) is 2. The number of aliphatic hydroxyl groups is 1. The van der Waals surface area contributed by atoms with Gasteiger partial charge in [0.1, 0.15) is 0 Å². The zero-order chi connectivity index (χ0) is 10.6. The molecule has 1 atom stereocenters. The van der Waals surface area contributed by atoms with E-state index in [2.05, 4.69) is 0 Å². The summed E-state index contributed by atoms with van der Waals surface area (Å²) in [6.45, 7) is 1.63. The number of nitrogens with zero attached hydrogens (tertiary/aromatic N) is 1. The van der Waals surface area contributed by atoms with Crippen molar-refractivity contribution in [1.29, 1.82) is 5.26 Å². The maximum absolute atomic E-state index is 9.07. The molecule has 0 heterocycles. The van der Waals surface area contributed by atoms with E-state index in [1.165, 1.54) is 0 Å². The fourth-order valence-corrected chi connectivity index (χ4v) is 1.32. The van der Waals surface area contributed by atoms with Crippen LogP contribution in [0.25, 0.3) is 5.03 Å². The van der Waals surface area contributed by atoms with E-state index in [1.54, 1.807) is 37.3 Å². The first-order chi connectivity index (χ1) is 6.63. The van der Waals surface area contributed by atoms with Gasteiger partial charge in [-0.05, 0) is 30.7 Å². The zero-order valence-electron chi connectivity index (χ0n) is 7.74. The highest BCUT2D eigenvalue weighted by Crippen LogP contribution is 2.19. The summed E-state index contributed by atoms with van der Waals surface area (Å²) in [5.74, 6) is 0. The van der Waals surface area contributed by atoms with Crippen molar-refractivity contribution in [2.24, 2.45) is 0 Å². The van der Waals surface area contributed by atoms with Crippen LogP contribution in [0.2, 0.25) is 0 Å². The topological polar surface area (TPSA) is 44.0 Å².